The minimum atomic E-state index is -3.63. The van der Waals surface area contributed by atoms with Crippen molar-refractivity contribution in [2.24, 2.45) is 0 Å². The first-order valence-corrected chi connectivity index (χ1v) is 8.63. The second kappa shape index (κ2) is 5.41. The van der Waals surface area contributed by atoms with Gasteiger partial charge in [-0.15, -0.1) is 0 Å². The summed E-state index contributed by atoms with van der Waals surface area (Å²) in [5.41, 5.74) is 2.09. The number of carbonyl (C=O) groups excluding carboxylic acids is 1. The van der Waals surface area contributed by atoms with Gasteiger partial charge in [0.05, 0.1) is 10.6 Å². The topological polar surface area (TPSA) is 54.5 Å². The van der Waals surface area contributed by atoms with Crippen molar-refractivity contribution < 1.29 is 13.2 Å². The van der Waals surface area contributed by atoms with Crippen LogP contribution < -0.4 is 4.31 Å². The highest BCUT2D eigenvalue weighted by molar-refractivity contribution is 7.92. The Morgan fingerprint density at radius 2 is 1.82 bits per heavy atom. The van der Waals surface area contributed by atoms with E-state index in [2.05, 4.69) is 0 Å². The molecule has 0 radical (unpaired) electrons. The fourth-order valence-corrected chi connectivity index (χ4v) is 4.28. The molecule has 0 spiro atoms. The molecule has 0 aliphatic carbocycles. The zero-order chi connectivity index (χ0) is 15.9. The first-order valence-electron chi connectivity index (χ1n) is 6.82. The van der Waals surface area contributed by atoms with E-state index in [1.165, 1.54) is 35.5 Å². The number of carbonyl (C=O) groups is 1. The van der Waals surface area contributed by atoms with Crippen LogP contribution in [-0.4, -0.2) is 20.7 Å². The molecule has 2 aromatic rings. The van der Waals surface area contributed by atoms with E-state index in [0.717, 1.165) is 5.56 Å². The SMILES string of the molecule is CC(=O)c1ccc(S(=O)(=O)N2CCc3cc(Cl)ccc32)cc1. The molecule has 0 fully saturated rings. The quantitative estimate of drug-likeness (QED) is 0.809. The normalized spacial score (nSPS) is 14.0. The number of hydrogen-bond donors (Lipinski definition) is 0. The Labute approximate surface area is 134 Å². The highest BCUT2D eigenvalue weighted by Crippen LogP contribution is 2.34. The van der Waals surface area contributed by atoms with Crippen LogP contribution in [0.4, 0.5) is 5.69 Å². The molecule has 0 saturated heterocycles. The maximum absolute atomic E-state index is 12.8. The van der Waals surface area contributed by atoms with E-state index in [0.29, 0.717) is 29.2 Å². The Morgan fingerprint density at radius 3 is 2.45 bits per heavy atom. The van der Waals surface area contributed by atoms with Gasteiger partial charge in [-0.2, -0.15) is 0 Å². The summed E-state index contributed by atoms with van der Waals surface area (Å²) in [5.74, 6) is -0.0925. The van der Waals surface area contributed by atoms with Crippen molar-refractivity contribution in [3.05, 3.63) is 58.6 Å². The highest BCUT2D eigenvalue weighted by atomic mass is 35.5. The Kier molecular flexibility index (Phi) is 3.70. The maximum Gasteiger partial charge on any atom is 0.264 e. The van der Waals surface area contributed by atoms with Gasteiger partial charge >= 0.3 is 0 Å². The molecule has 2 aromatic carbocycles. The molecule has 1 aliphatic heterocycles. The first-order chi connectivity index (χ1) is 10.4. The van der Waals surface area contributed by atoms with E-state index in [1.54, 1.807) is 18.2 Å². The summed E-state index contributed by atoms with van der Waals surface area (Å²) < 4.78 is 26.9. The van der Waals surface area contributed by atoms with Crippen molar-refractivity contribution in [3.8, 4) is 0 Å². The molecule has 0 amide bonds. The van der Waals surface area contributed by atoms with Crippen molar-refractivity contribution in [1.29, 1.82) is 0 Å². The van der Waals surface area contributed by atoms with Crippen LogP contribution in [0.2, 0.25) is 5.02 Å². The molecule has 0 unspecified atom stereocenters. The van der Waals surface area contributed by atoms with Crippen LogP contribution >= 0.6 is 11.6 Å². The third-order valence-corrected chi connectivity index (χ3v) is 5.81. The van der Waals surface area contributed by atoms with Crippen molar-refractivity contribution in [2.75, 3.05) is 10.8 Å². The monoisotopic (exact) mass is 335 g/mol. The molecule has 0 N–H and O–H groups in total. The maximum atomic E-state index is 12.8. The second-order valence-electron chi connectivity index (χ2n) is 5.18. The second-order valence-corrected chi connectivity index (χ2v) is 7.48. The number of ketones is 1. The molecule has 0 saturated carbocycles. The number of anilines is 1. The number of halogens is 1. The number of hydrogen-bond acceptors (Lipinski definition) is 3. The molecule has 22 heavy (non-hydrogen) atoms. The summed E-state index contributed by atoms with van der Waals surface area (Å²) >= 11 is 5.95. The number of Topliss-reactive ketones (excluding diaryl/α,β-unsaturated/α-hetero) is 1. The third-order valence-electron chi connectivity index (χ3n) is 3.74. The van der Waals surface area contributed by atoms with Gasteiger partial charge in [0.15, 0.2) is 5.78 Å². The minimum absolute atomic E-state index is 0.0925. The molecule has 0 bridgehead atoms. The fourth-order valence-electron chi connectivity index (χ4n) is 2.58. The smallest absolute Gasteiger partial charge is 0.264 e. The van der Waals surface area contributed by atoms with Crippen LogP contribution in [0.25, 0.3) is 0 Å². The van der Waals surface area contributed by atoms with Gasteiger partial charge in [0.1, 0.15) is 0 Å². The summed E-state index contributed by atoms with van der Waals surface area (Å²) in [6.45, 7) is 1.84. The van der Waals surface area contributed by atoms with Crippen molar-refractivity contribution in [2.45, 2.75) is 18.2 Å². The molecule has 114 valence electrons. The van der Waals surface area contributed by atoms with E-state index < -0.39 is 10.0 Å². The van der Waals surface area contributed by atoms with Crippen LogP contribution in [0.1, 0.15) is 22.8 Å². The van der Waals surface area contributed by atoms with Crippen LogP contribution in [0.3, 0.4) is 0 Å². The number of sulfonamides is 1. The van der Waals surface area contributed by atoms with Crippen LogP contribution in [0.5, 0.6) is 0 Å². The molecular formula is C16H14ClNO3S. The third kappa shape index (κ3) is 2.51. The lowest BCUT2D eigenvalue weighted by atomic mass is 10.2. The summed E-state index contributed by atoms with van der Waals surface area (Å²) in [5, 5.41) is 0.601. The van der Waals surface area contributed by atoms with Gasteiger partial charge < -0.3 is 0 Å². The number of benzene rings is 2. The molecule has 4 nitrogen and oxygen atoms in total. The lowest BCUT2D eigenvalue weighted by Crippen LogP contribution is -2.29. The standard InChI is InChI=1S/C16H14ClNO3S/c1-11(19)12-2-5-15(6-3-12)22(20,21)18-9-8-13-10-14(17)4-7-16(13)18/h2-7,10H,8-9H2,1H3. The van der Waals surface area contributed by atoms with E-state index >= 15 is 0 Å². The highest BCUT2D eigenvalue weighted by Gasteiger charge is 2.30. The van der Waals surface area contributed by atoms with Crippen molar-refractivity contribution in [3.63, 3.8) is 0 Å². The van der Waals surface area contributed by atoms with Gasteiger partial charge in [-0.3, -0.25) is 9.10 Å². The van der Waals surface area contributed by atoms with Crippen LogP contribution in [0, 0.1) is 0 Å². The number of rotatable bonds is 3. The van der Waals surface area contributed by atoms with E-state index in [-0.39, 0.29) is 10.7 Å². The largest absolute Gasteiger partial charge is 0.295 e. The van der Waals surface area contributed by atoms with Gasteiger partial charge in [-0.05, 0) is 49.2 Å². The summed E-state index contributed by atoms with van der Waals surface area (Å²) in [7, 11) is -3.63. The molecule has 0 aromatic heterocycles. The fraction of sp³-hybridized carbons (Fsp3) is 0.188. The van der Waals surface area contributed by atoms with Crippen molar-refractivity contribution >= 4 is 33.1 Å². The van der Waals surface area contributed by atoms with E-state index in [9.17, 15) is 13.2 Å². The molecule has 1 heterocycles. The van der Waals surface area contributed by atoms with Gasteiger partial charge in [0, 0.05) is 17.1 Å². The summed E-state index contributed by atoms with van der Waals surface area (Å²) in [6, 6.07) is 11.2. The summed E-state index contributed by atoms with van der Waals surface area (Å²) in [4.78, 5) is 11.5. The molecule has 1 aliphatic rings. The Hall–Kier alpha value is -1.85. The predicted molar refractivity (Wildman–Crippen MR) is 86.1 cm³/mol. The van der Waals surface area contributed by atoms with E-state index in [1.807, 2.05) is 0 Å². The van der Waals surface area contributed by atoms with Gasteiger partial charge in [-0.25, -0.2) is 8.42 Å². The molecule has 0 atom stereocenters. The zero-order valence-electron chi connectivity index (χ0n) is 11.9. The number of nitrogens with zero attached hydrogens (tertiary/aromatic N) is 1. The minimum Gasteiger partial charge on any atom is -0.295 e. The van der Waals surface area contributed by atoms with E-state index in [4.69, 9.17) is 11.6 Å². The van der Waals surface area contributed by atoms with Gasteiger partial charge in [0.25, 0.3) is 10.0 Å². The number of fused-ring (bicyclic) bond motifs is 1. The molecule has 6 heteroatoms. The Morgan fingerprint density at radius 1 is 1.14 bits per heavy atom. The molecule has 3 rings (SSSR count). The van der Waals surface area contributed by atoms with Crippen molar-refractivity contribution in [1.82, 2.24) is 0 Å². The van der Waals surface area contributed by atoms with Crippen LogP contribution in [-0.2, 0) is 16.4 Å². The molecular weight excluding hydrogens is 322 g/mol. The average molecular weight is 336 g/mol. The lowest BCUT2D eigenvalue weighted by molar-refractivity contribution is 0.101. The van der Waals surface area contributed by atoms with Crippen LogP contribution in [0.15, 0.2) is 47.4 Å². The zero-order valence-corrected chi connectivity index (χ0v) is 13.5. The lowest BCUT2D eigenvalue weighted by Gasteiger charge is -2.19. The van der Waals surface area contributed by atoms with Gasteiger partial charge in [0.2, 0.25) is 0 Å². The first kappa shape index (κ1) is 15.1. The van der Waals surface area contributed by atoms with Gasteiger partial charge in [-0.1, -0.05) is 23.7 Å². The Balaban J connectivity index is 2.00. The Bertz CT molecular complexity index is 844. The average Bonchev–Trinajstić information content (AvgIpc) is 2.91. The summed E-state index contributed by atoms with van der Waals surface area (Å²) in [6.07, 6.45) is 0.640. The predicted octanol–water partition coefficient (Wildman–Crippen LogP) is 3.29.